The minimum absolute atomic E-state index is 0.176. The van der Waals surface area contributed by atoms with Crippen molar-refractivity contribution in [3.8, 4) is 0 Å². The average Bonchev–Trinajstić information content (AvgIpc) is 2.68. The van der Waals surface area contributed by atoms with Gasteiger partial charge in [-0.25, -0.2) is 0 Å². The molecule has 1 N–H and O–H groups in total. The average molecular weight is 233 g/mol. The SMILES string of the molecule is CC(C(O)c1ccccc1)N1CCCC1(C)C. The second-order valence-electron chi connectivity index (χ2n) is 5.71. The molecular weight excluding hydrogens is 210 g/mol. The Bertz CT molecular complexity index is 360. The molecule has 2 atom stereocenters. The van der Waals surface area contributed by atoms with Crippen molar-refractivity contribution in [3.05, 3.63) is 35.9 Å². The van der Waals surface area contributed by atoms with Crippen LogP contribution in [0.25, 0.3) is 0 Å². The first-order valence-electron chi connectivity index (χ1n) is 6.52. The number of rotatable bonds is 3. The molecule has 0 aromatic heterocycles. The van der Waals surface area contributed by atoms with Crippen molar-refractivity contribution in [2.24, 2.45) is 0 Å². The monoisotopic (exact) mass is 233 g/mol. The van der Waals surface area contributed by atoms with E-state index < -0.39 is 6.10 Å². The van der Waals surface area contributed by atoms with Gasteiger partial charge in [0.05, 0.1) is 6.10 Å². The second-order valence-corrected chi connectivity index (χ2v) is 5.71. The van der Waals surface area contributed by atoms with Crippen LogP contribution in [-0.2, 0) is 0 Å². The first-order chi connectivity index (χ1) is 8.02. The van der Waals surface area contributed by atoms with Crippen molar-refractivity contribution in [2.45, 2.75) is 51.3 Å². The van der Waals surface area contributed by atoms with Crippen LogP contribution in [0, 0.1) is 0 Å². The van der Waals surface area contributed by atoms with Crippen molar-refractivity contribution in [1.82, 2.24) is 4.90 Å². The van der Waals surface area contributed by atoms with E-state index >= 15 is 0 Å². The van der Waals surface area contributed by atoms with Gasteiger partial charge in [0.15, 0.2) is 0 Å². The summed E-state index contributed by atoms with van der Waals surface area (Å²) in [6, 6.07) is 10.1. The maximum absolute atomic E-state index is 10.4. The molecule has 0 saturated carbocycles. The van der Waals surface area contributed by atoms with E-state index in [9.17, 15) is 5.11 Å². The van der Waals surface area contributed by atoms with E-state index in [4.69, 9.17) is 0 Å². The van der Waals surface area contributed by atoms with Crippen LogP contribution in [0.2, 0.25) is 0 Å². The third-order valence-corrected chi connectivity index (χ3v) is 4.05. The maximum Gasteiger partial charge on any atom is 0.0942 e. The maximum atomic E-state index is 10.4. The Balaban J connectivity index is 2.12. The summed E-state index contributed by atoms with van der Waals surface area (Å²) in [5, 5.41) is 10.4. The van der Waals surface area contributed by atoms with E-state index in [2.05, 4.69) is 25.7 Å². The Morgan fingerprint density at radius 1 is 1.24 bits per heavy atom. The number of hydrogen-bond acceptors (Lipinski definition) is 2. The molecule has 1 aromatic rings. The molecule has 0 bridgehead atoms. The van der Waals surface area contributed by atoms with E-state index in [-0.39, 0.29) is 11.6 Å². The molecule has 17 heavy (non-hydrogen) atoms. The summed E-state index contributed by atoms with van der Waals surface area (Å²) in [5.74, 6) is 0. The lowest BCUT2D eigenvalue weighted by molar-refractivity contribution is 0.0239. The quantitative estimate of drug-likeness (QED) is 0.867. The van der Waals surface area contributed by atoms with Gasteiger partial charge in [0, 0.05) is 11.6 Å². The number of benzene rings is 1. The lowest BCUT2D eigenvalue weighted by Crippen LogP contribution is -2.46. The first-order valence-corrected chi connectivity index (χ1v) is 6.52. The van der Waals surface area contributed by atoms with E-state index in [0.717, 1.165) is 12.1 Å². The lowest BCUT2D eigenvalue weighted by Gasteiger charge is -2.39. The second kappa shape index (κ2) is 4.79. The van der Waals surface area contributed by atoms with Crippen molar-refractivity contribution in [3.63, 3.8) is 0 Å². The van der Waals surface area contributed by atoms with Gasteiger partial charge in [-0.05, 0) is 45.7 Å². The topological polar surface area (TPSA) is 23.5 Å². The zero-order valence-electron chi connectivity index (χ0n) is 11.1. The summed E-state index contributed by atoms with van der Waals surface area (Å²) in [6.07, 6.45) is 2.06. The van der Waals surface area contributed by atoms with E-state index in [0.29, 0.717) is 0 Å². The van der Waals surface area contributed by atoms with Crippen molar-refractivity contribution < 1.29 is 5.11 Å². The number of aliphatic hydroxyl groups excluding tert-OH is 1. The fraction of sp³-hybridized carbons (Fsp3) is 0.600. The predicted octanol–water partition coefficient (Wildman–Crippen LogP) is 2.98. The van der Waals surface area contributed by atoms with Gasteiger partial charge in [-0.1, -0.05) is 30.3 Å². The molecule has 0 spiro atoms. The van der Waals surface area contributed by atoms with Gasteiger partial charge in [-0.2, -0.15) is 0 Å². The van der Waals surface area contributed by atoms with E-state index in [1.165, 1.54) is 12.8 Å². The smallest absolute Gasteiger partial charge is 0.0942 e. The van der Waals surface area contributed by atoms with Crippen LogP contribution >= 0.6 is 0 Å². The van der Waals surface area contributed by atoms with Gasteiger partial charge in [0.25, 0.3) is 0 Å². The number of likely N-dealkylation sites (tertiary alicyclic amines) is 1. The highest BCUT2D eigenvalue weighted by molar-refractivity contribution is 5.19. The van der Waals surface area contributed by atoms with E-state index in [1.54, 1.807) is 0 Å². The standard InChI is InChI=1S/C15H23NO/c1-12(16-11-7-10-15(16,2)3)14(17)13-8-5-4-6-9-13/h4-6,8-9,12,14,17H,7,10-11H2,1-3H3. The summed E-state index contributed by atoms with van der Waals surface area (Å²) in [6.45, 7) is 7.77. The zero-order valence-corrected chi connectivity index (χ0v) is 11.1. The van der Waals surface area contributed by atoms with Crippen molar-refractivity contribution in [1.29, 1.82) is 0 Å². The number of nitrogens with zero attached hydrogens (tertiary/aromatic N) is 1. The van der Waals surface area contributed by atoms with Gasteiger partial charge in [0.2, 0.25) is 0 Å². The Labute approximate surface area is 104 Å². The third kappa shape index (κ3) is 2.53. The van der Waals surface area contributed by atoms with Crippen molar-refractivity contribution in [2.75, 3.05) is 6.54 Å². The minimum atomic E-state index is -0.395. The molecule has 2 heteroatoms. The summed E-state index contributed by atoms with van der Waals surface area (Å²) in [7, 11) is 0. The van der Waals surface area contributed by atoms with Crippen LogP contribution in [0.3, 0.4) is 0 Å². The first kappa shape index (κ1) is 12.6. The number of hydrogen-bond donors (Lipinski definition) is 1. The molecule has 2 rings (SSSR count). The van der Waals surface area contributed by atoms with E-state index in [1.807, 2.05) is 30.3 Å². The van der Waals surface area contributed by atoms with Crippen LogP contribution < -0.4 is 0 Å². The molecule has 1 aliphatic rings. The van der Waals surface area contributed by atoms with Crippen LogP contribution in [0.5, 0.6) is 0 Å². The highest BCUT2D eigenvalue weighted by atomic mass is 16.3. The predicted molar refractivity (Wildman–Crippen MR) is 70.9 cm³/mol. The fourth-order valence-electron chi connectivity index (χ4n) is 2.98. The molecule has 1 fully saturated rings. The van der Waals surface area contributed by atoms with Crippen molar-refractivity contribution >= 4 is 0 Å². The van der Waals surface area contributed by atoms with Gasteiger partial charge >= 0.3 is 0 Å². The minimum Gasteiger partial charge on any atom is -0.387 e. The molecule has 0 radical (unpaired) electrons. The van der Waals surface area contributed by atoms with Gasteiger partial charge < -0.3 is 5.11 Å². The third-order valence-electron chi connectivity index (χ3n) is 4.05. The summed E-state index contributed by atoms with van der Waals surface area (Å²) in [4.78, 5) is 2.44. The van der Waals surface area contributed by atoms with Gasteiger partial charge in [0.1, 0.15) is 0 Å². The van der Waals surface area contributed by atoms with Crippen LogP contribution in [-0.4, -0.2) is 28.1 Å². The Morgan fingerprint density at radius 3 is 2.41 bits per heavy atom. The number of aliphatic hydroxyl groups is 1. The lowest BCUT2D eigenvalue weighted by atomic mass is 9.96. The molecule has 94 valence electrons. The molecule has 1 saturated heterocycles. The summed E-state index contributed by atoms with van der Waals surface area (Å²) in [5.41, 5.74) is 1.23. The normalized spacial score (nSPS) is 23.5. The molecular formula is C15H23NO. The summed E-state index contributed by atoms with van der Waals surface area (Å²) >= 11 is 0. The van der Waals surface area contributed by atoms with Crippen LogP contribution in [0.1, 0.15) is 45.3 Å². The molecule has 1 aromatic carbocycles. The van der Waals surface area contributed by atoms with Gasteiger partial charge in [-0.3, -0.25) is 4.90 Å². The molecule has 0 aliphatic carbocycles. The van der Waals surface area contributed by atoms with Gasteiger partial charge in [-0.15, -0.1) is 0 Å². The fourth-order valence-corrected chi connectivity index (χ4v) is 2.98. The zero-order chi connectivity index (χ0) is 12.5. The molecule has 1 aliphatic heterocycles. The molecule has 0 amide bonds. The molecule has 1 heterocycles. The highest BCUT2D eigenvalue weighted by Gasteiger charge is 2.37. The summed E-state index contributed by atoms with van der Waals surface area (Å²) < 4.78 is 0. The van der Waals surface area contributed by atoms with Crippen LogP contribution in [0.4, 0.5) is 0 Å². The largest absolute Gasteiger partial charge is 0.387 e. The molecule has 2 unspecified atom stereocenters. The Hall–Kier alpha value is -0.860. The molecule has 2 nitrogen and oxygen atoms in total. The Morgan fingerprint density at radius 2 is 1.88 bits per heavy atom. The Kier molecular flexibility index (Phi) is 3.55. The van der Waals surface area contributed by atoms with Crippen LogP contribution in [0.15, 0.2) is 30.3 Å². The highest BCUT2D eigenvalue weighted by Crippen LogP contribution is 2.34.